The minimum atomic E-state index is -0.435. The lowest BCUT2D eigenvalue weighted by Gasteiger charge is -2.25. The molecule has 4 rings (SSSR count). The van der Waals surface area contributed by atoms with Crippen LogP contribution in [0.2, 0.25) is 0 Å². The van der Waals surface area contributed by atoms with Gasteiger partial charge >= 0.3 is 5.69 Å². The number of hydrogen-bond donors (Lipinski definition) is 2. The molecule has 2 heterocycles. The van der Waals surface area contributed by atoms with Crippen molar-refractivity contribution in [1.29, 1.82) is 0 Å². The van der Waals surface area contributed by atoms with Crippen molar-refractivity contribution >= 4 is 29.3 Å². The molecule has 0 atom stereocenters. The summed E-state index contributed by atoms with van der Waals surface area (Å²) in [6.45, 7) is 3.87. The summed E-state index contributed by atoms with van der Waals surface area (Å²) >= 11 is 0. The predicted molar refractivity (Wildman–Crippen MR) is 120 cm³/mol. The van der Waals surface area contributed by atoms with Crippen LogP contribution >= 0.6 is 0 Å². The second-order valence-electron chi connectivity index (χ2n) is 7.66. The number of fused-ring (bicyclic) bond motifs is 1. The third kappa shape index (κ3) is 3.30. The lowest BCUT2D eigenvalue weighted by Crippen LogP contribution is -2.38. The van der Waals surface area contributed by atoms with Crippen molar-refractivity contribution in [2.24, 2.45) is 14.1 Å². The zero-order chi connectivity index (χ0) is 22.4. The first kappa shape index (κ1) is 20.5. The van der Waals surface area contributed by atoms with Gasteiger partial charge in [0.25, 0.3) is 5.56 Å². The van der Waals surface area contributed by atoms with E-state index in [-0.39, 0.29) is 18.2 Å². The Morgan fingerprint density at radius 1 is 1.06 bits per heavy atom. The van der Waals surface area contributed by atoms with Crippen molar-refractivity contribution < 1.29 is 9.50 Å². The van der Waals surface area contributed by atoms with Crippen LogP contribution in [0.25, 0.3) is 12.2 Å². The monoisotopic (exact) mass is 422 g/mol. The van der Waals surface area contributed by atoms with Gasteiger partial charge in [0.05, 0.1) is 12.4 Å². The average molecular weight is 422 g/mol. The predicted octanol–water partition coefficient (Wildman–Crippen LogP) is 3.24. The summed E-state index contributed by atoms with van der Waals surface area (Å²) in [4.78, 5) is 27.0. The van der Waals surface area contributed by atoms with Crippen molar-refractivity contribution in [2.75, 3.05) is 16.9 Å². The van der Waals surface area contributed by atoms with Gasteiger partial charge in [-0.15, -0.1) is 0 Å². The summed E-state index contributed by atoms with van der Waals surface area (Å²) in [7, 11) is 3.05. The molecule has 1 aromatic heterocycles. The zero-order valence-corrected chi connectivity index (χ0v) is 17.7. The Labute approximate surface area is 178 Å². The van der Waals surface area contributed by atoms with Gasteiger partial charge in [0.1, 0.15) is 23.1 Å². The molecule has 0 saturated carbocycles. The van der Waals surface area contributed by atoms with E-state index in [9.17, 15) is 19.1 Å². The fourth-order valence-electron chi connectivity index (χ4n) is 3.96. The molecule has 31 heavy (non-hydrogen) atoms. The summed E-state index contributed by atoms with van der Waals surface area (Å²) in [5.41, 5.74) is 3.10. The third-order valence-corrected chi connectivity index (χ3v) is 5.63. The van der Waals surface area contributed by atoms with Gasteiger partial charge in [-0.1, -0.05) is 24.3 Å². The number of phenolic OH excluding ortho intramolecular Hbond substituents is 1. The van der Waals surface area contributed by atoms with Crippen molar-refractivity contribution in [2.45, 2.75) is 13.8 Å². The lowest BCUT2D eigenvalue weighted by atomic mass is 10.00. The molecule has 0 unspecified atom stereocenters. The van der Waals surface area contributed by atoms with Gasteiger partial charge in [-0.05, 0) is 48.7 Å². The number of aryl methyl sites for hydroxylation is 1. The highest BCUT2D eigenvalue weighted by Crippen LogP contribution is 2.42. The van der Waals surface area contributed by atoms with Crippen LogP contribution in [0.15, 0.2) is 39.9 Å². The van der Waals surface area contributed by atoms with E-state index in [2.05, 4.69) is 5.32 Å². The smallest absolute Gasteiger partial charge is 0.332 e. The number of anilines is 3. The van der Waals surface area contributed by atoms with Crippen LogP contribution < -0.4 is 21.5 Å². The van der Waals surface area contributed by atoms with Crippen LogP contribution in [0.4, 0.5) is 21.6 Å². The Morgan fingerprint density at radius 3 is 2.42 bits per heavy atom. The minimum absolute atomic E-state index is 0.149. The maximum absolute atomic E-state index is 13.2. The Morgan fingerprint density at radius 2 is 1.74 bits per heavy atom. The highest BCUT2D eigenvalue weighted by molar-refractivity contribution is 5.87. The number of nitrogens with zero attached hydrogens (tertiary/aromatic N) is 3. The first-order valence-corrected chi connectivity index (χ1v) is 9.79. The molecule has 0 saturated heterocycles. The van der Waals surface area contributed by atoms with Gasteiger partial charge in [0.15, 0.2) is 0 Å². The number of phenols is 1. The number of halogens is 1. The SMILES string of the molecule is Cc1cc(C=Cc2ccc(F)cc2)c(N2CNc3c2n(C)c(=O)n(C)c3=O)c(C)c1O. The van der Waals surface area contributed by atoms with E-state index >= 15 is 0 Å². The van der Waals surface area contributed by atoms with Crippen molar-refractivity contribution in [3.05, 3.63) is 79.2 Å². The van der Waals surface area contributed by atoms with Crippen molar-refractivity contribution in [3.8, 4) is 5.75 Å². The molecule has 2 aromatic carbocycles. The molecule has 0 fully saturated rings. The standard InChI is InChI=1S/C23H23FN4O3/c1-13-11-16(8-5-15-6-9-17(24)10-7-15)19(14(2)20(13)29)28-12-25-18-21(28)26(3)23(31)27(4)22(18)30/h5-11,25,29H,12H2,1-4H3. The van der Waals surface area contributed by atoms with Gasteiger partial charge in [0, 0.05) is 19.7 Å². The maximum Gasteiger partial charge on any atom is 0.332 e. The number of aromatic nitrogens is 2. The average Bonchev–Trinajstić information content (AvgIpc) is 3.19. The summed E-state index contributed by atoms with van der Waals surface area (Å²) < 4.78 is 15.7. The van der Waals surface area contributed by atoms with Crippen molar-refractivity contribution in [3.63, 3.8) is 0 Å². The lowest BCUT2D eigenvalue weighted by molar-refractivity contribution is 0.467. The second kappa shape index (κ2) is 7.46. The Bertz CT molecular complexity index is 1340. The van der Waals surface area contributed by atoms with Crippen LogP contribution in [0.3, 0.4) is 0 Å². The third-order valence-electron chi connectivity index (χ3n) is 5.63. The van der Waals surface area contributed by atoms with Crippen LogP contribution in [0.5, 0.6) is 5.75 Å². The number of rotatable bonds is 3. The molecular weight excluding hydrogens is 399 g/mol. The number of aromatic hydroxyl groups is 1. The first-order chi connectivity index (χ1) is 14.7. The van der Waals surface area contributed by atoms with Gasteiger partial charge in [-0.3, -0.25) is 13.9 Å². The van der Waals surface area contributed by atoms with Crippen LogP contribution in [0.1, 0.15) is 22.3 Å². The van der Waals surface area contributed by atoms with Crippen LogP contribution in [0, 0.1) is 19.7 Å². The molecule has 0 aliphatic carbocycles. The van der Waals surface area contributed by atoms with Crippen LogP contribution in [-0.2, 0) is 14.1 Å². The molecule has 0 amide bonds. The molecule has 160 valence electrons. The molecule has 0 bridgehead atoms. The summed E-state index contributed by atoms with van der Waals surface area (Å²) in [6, 6.07) is 7.96. The Balaban J connectivity index is 1.91. The molecule has 7 nitrogen and oxygen atoms in total. The fraction of sp³-hybridized carbons (Fsp3) is 0.217. The molecule has 0 radical (unpaired) electrons. The molecule has 3 aromatic rings. The fourth-order valence-corrected chi connectivity index (χ4v) is 3.96. The summed E-state index contributed by atoms with van der Waals surface area (Å²) in [6.07, 6.45) is 3.72. The number of hydrogen-bond acceptors (Lipinski definition) is 5. The zero-order valence-electron chi connectivity index (χ0n) is 17.7. The number of nitrogens with one attached hydrogen (secondary N) is 1. The van der Waals surface area contributed by atoms with Crippen LogP contribution in [-0.4, -0.2) is 20.9 Å². The largest absolute Gasteiger partial charge is 0.507 e. The van der Waals surface area contributed by atoms with E-state index in [0.29, 0.717) is 28.3 Å². The van der Waals surface area contributed by atoms with E-state index in [1.165, 1.54) is 23.7 Å². The van der Waals surface area contributed by atoms with Gasteiger partial charge in [0.2, 0.25) is 0 Å². The quantitative estimate of drug-likeness (QED) is 0.634. The normalized spacial score (nSPS) is 13.0. The van der Waals surface area contributed by atoms with E-state index in [1.54, 1.807) is 26.1 Å². The van der Waals surface area contributed by atoms with E-state index in [1.807, 2.05) is 30.0 Å². The molecule has 2 N–H and O–H groups in total. The highest BCUT2D eigenvalue weighted by Gasteiger charge is 2.30. The number of benzene rings is 2. The molecule has 0 spiro atoms. The molecule has 1 aliphatic rings. The van der Waals surface area contributed by atoms with E-state index < -0.39 is 11.2 Å². The van der Waals surface area contributed by atoms with Crippen molar-refractivity contribution in [1.82, 2.24) is 9.13 Å². The van der Waals surface area contributed by atoms with Gasteiger partial charge < -0.3 is 15.3 Å². The molecule has 1 aliphatic heterocycles. The van der Waals surface area contributed by atoms with E-state index in [0.717, 1.165) is 15.7 Å². The first-order valence-electron chi connectivity index (χ1n) is 9.79. The second-order valence-corrected chi connectivity index (χ2v) is 7.66. The Kier molecular flexibility index (Phi) is 4.93. The summed E-state index contributed by atoms with van der Waals surface area (Å²) in [5.74, 6) is 0.281. The topological polar surface area (TPSA) is 79.5 Å². The molecular formula is C23H23FN4O3. The van der Waals surface area contributed by atoms with Gasteiger partial charge in [-0.2, -0.15) is 0 Å². The maximum atomic E-state index is 13.2. The minimum Gasteiger partial charge on any atom is -0.507 e. The molecule has 8 heteroatoms. The van der Waals surface area contributed by atoms with E-state index in [4.69, 9.17) is 0 Å². The Hall–Kier alpha value is -3.81. The highest BCUT2D eigenvalue weighted by atomic mass is 19.1. The van der Waals surface area contributed by atoms with Gasteiger partial charge in [-0.25, -0.2) is 9.18 Å². The summed E-state index contributed by atoms with van der Waals surface area (Å²) in [5, 5.41) is 13.7.